The van der Waals surface area contributed by atoms with E-state index in [0.717, 1.165) is 6.26 Å². The highest BCUT2D eigenvalue weighted by Crippen LogP contribution is 2.15. The zero-order valence-electron chi connectivity index (χ0n) is 7.85. The van der Waals surface area contributed by atoms with Crippen molar-refractivity contribution >= 4 is 15.7 Å². The van der Waals surface area contributed by atoms with Crippen LogP contribution in [0, 0.1) is 22.7 Å². The number of nitriles is 2. The number of anilines is 1. The fourth-order valence-electron chi connectivity index (χ4n) is 1.01. The topological polar surface area (TPSA) is 93.8 Å². The predicted molar refractivity (Wildman–Crippen MR) is 54.3 cm³/mol. The monoisotopic (exact) mass is 221 g/mol. The van der Waals surface area contributed by atoms with Crippen molar-refractivity contribution in [3.8, 4) is 12.1 Å². The third kappa shape index (κ3) is 2.97. The molecule has 0 aliphatic rings. The van der Waals surface area contributed by atoms with Gasteiger partial charge in [0.05, 0.1) is 17.4 Å². The van der Waals surface area contributed by atoms with Crippen LogP contribution < -0.4 is 4.72 Å². The van der Waals surface area contributed by atoms with Gasteiger partial charge in [-0.05, 0) is 18.2 Å². The minimum Gasteiger partial charge on any atom is -0.284 e. The minimum atomic E-state index is -3.36. The van der Waals surface area contributed by atoms with Crippen LogP contribution in [0.25, 0.3) is 0 Å². The molecule has 0 aliphatic heterocycles. The Balaban J connectivity index is 3.18. The number of hydrogen-bond donors (Lipinski definition) is 1. The van der Waals surface area contributed by atoms with Crippen LogP contribution in [-0.4, -0.2) is 14.7 Å². The normalized spacial score (nSPS) is 10.1. The van der Waals surface area contributed by atoms with Crippen molar-refractivity contribution in [2.24, 2.45) is 0 Å². The zero-order valence-corrected chi connectivity index (χ0v) is 8.67. The average molecular weight is 221 g/mol. The molecule has 0 unspecified atom stereocenters. The van der Waals surface area contributed by atoms with Gasteiger partial charge in [-0.2, -0.15) is 10.5 Å². The second kappa shape index (κ2) is 3.99. The van der Waals surface area contributed by atoms with Gasteiger partial charge in [-0.15, -0.1) is 0 Å². The van der Waals surface area contributed by atoms with Gasteiger partial charge in [0.25, 0.3) is 0 Å². The van der Waals surface area contributed by atoms with Gasteiger partial charge < -0.3 is 0 Å². The highest BCUT2D eigenvalue weighted by molar-refractivity contribution is 7.92. The molecule has 0 radical (unpaired) electrons. The van der Waals surface area contributed by atoms with Crippen LogP contribution in [-0.2, 0) is 10.0 Å². The van der Waals surface area contributed by atoms with Crippen LogP contribution in [0.4, 0.5) is 5.69 Å². The third-order valence-electron chi connectivity index (χ3n) is 1.56. The highest BCUT2D eigenvalue weighted by Gasteiger charge is 2.05. The number of sulfonamides is 1. The van der Waals surface area contributed by atoms with E-state index in [1.165, 1.54) is 18.2 Å². The van der Waals surface area contributed by atoms with Crippen molar-refractivity contribution in [1.82, 2.24) is 0 Å². The summed E-state index contributed by atoms with van der Waals surface area (Å²) >= 11 is 0. The molecule has 0 amide bonds. The molecule has 0 heterocycles. The first kappa shape index (κ1) is 11.0. The summed E-state index contributed by atoms with van der Waals surface area (Å²) in [6, 6.07) is 7.80. The summed E-state index contributed by atoms with van der Waals surface area (Å²) in [4.78, 5) is 0. The zero-order chi connectivity index (χ0) is 11.5. The van der Waals surface area contributed by atoms with Crippen LogP contribution >= 0.6 is 0 Å². The Labute approximate surface area is 87.6 Å². The first-order valence-electron chi connectivity index (χ1n) is 3.88. The predicted octanol–water partition coefficient (Wildman–Crippen LogP) is 0.801. The largest absolute Gasteiger partial charge is 0.284 e. The van der Waals surface area contributed by atoms with Crippen molar-refractivity contribution in [3.63, 3.8) is 0 Å². The molecule has 0 saturated heterocycles. The van der Waals surface area contributed by atoms with Gasteiger partial charge in [0.2, 0.25) is 10.0 Å². The molecule has 15 heavy (non-hydrogen) atoms. The maximum atomic E-state index is 10.9. The van der Waals surface area contributed by atoms with Gasteiger partial charge in [-0.1, -0.05) is 0 Å². The third-order valence-corrected chi connectivity index (χ3v) is 2.17. The maximum absolute atomic E-state index is 10.9. The summed E-state index contributed by atoms with van der Waals surface area (Å²) in [7, 11) is -3.36. The van der Waals surface area contributed by atoms with Gasteiger partial charge in [-0.25, -0.2) is 8.42 Å². The van der Waals surface area contributed by atoms with E-state index in [-0.39, 0.29) is 16.8 Å². The minimum absolute atomic E-state index is 0.145. The molecule has 0 atom stereocenters. The summed E-state index contributed by atoms with van der Waals surface area (Å²) < 4.78 is 24.0. The molecule has 0 fully saturated rings. The van der Waals surface area contributed by atoms with E-state index in [4.69, 9.17) is 10.5 Å². The number of nitrogens with zero attached hydrogens (tertiary/aromatic N) is 2. The van der Waals surface area contributed by atoms with Crippen LogP contribution in [0.1, 0.15) is 11.1 Å². The van der Waals surface area contributed by atoms with E-state index in [0.29, 0.717) is 0 Å². The number of nitrogens with one attached hydrogen (secondary N) is 1. The molecule has 1 aromatic carbocycles. The van der Waals surface area contributed by atoms with Gasteiger partial charge >= 0.3 is 0 Å². The molecule has 1 rings (SSSR count). The van der Waals surface area contributed by atoms with E-state index >= 15 is 0 Å². The molecule has 0 spiro atoms. The Morgan fingerprint density at radius 1 is 1.20 bits per heavy atom. The molecule has 0 saturated carbocycles. The van der Waals surface area contributed by atoms with Crippen LogP contribution in [0.3, 0.4) is 0 Å². The fourth-order valence-corrected chi connectivity index (χ4v) is 1.57. The van der Waals surface area contributed by atoms with Crippen LogP contribution in [0.15, 0.2) is 18.2 Å². The van der Waals surface area contributed by atoms with E-state index < -0.39 is 10.0 Å². The van der Waals surface area contributed by atoms with Crippen molar-refractivity contribution < 1.29 is 8.42 Å². The standard InChI is InChI=1S/C9H7N3O2S/c1-15(13,14)12-9-3-2-7(5-10)8(4-9)6-11/h2-4,12H,1H3. The molecule has 0 bridgehead atoms. The summed E-state index contributed by atoms with van der Waals surface area (Å²) in [5, 5.41) is 17.3. The second-order valence-electron chi connectivity index (χ2n) is 2.86. The number of benzene rings is 1. The summed E-state index contributed by atoms with van der Waals surface area (Å²) in [5.41, 5.74) is 0.635. The summed E-state index contributed by atoms with van der Waals surface area (Å²) in [6.07, 6.45) is 1.01. The molecule has 1 aromatic rings. The van der Waals surface area contributed by atoms with Crippen molar-refractivity contribution in [2.45, 2.75) is 0 Å². The Kier molecular flexibility index (Phi) is 2.93. The molecule has 6 heteroatoms. The number of rotatable bonds is 2. The van der Waals surface area contributed by atoms with Gasteiger partial charge in [0, 0.05) is 5.69 Å². The maximum Gasteiger partial charge on any atom is 0.229 e. The van der Waals surface area contributed by atoms with E-state index in [1.54, 1.807) is 0 Å². The van der Waals surface area contributed by atoms with Gasteiger partial charge in [-0.3, -0.25) is 4.72 Å². The molecule has 0 aliphatic carbocycles. The van der Waals surface area contributed by atoms with E-state index in [2.05, 4.69) is 4.72 Å². The van der Waals surface area contributed by atoms with Crippen molar-refractivity contribution in [3.05, 3.63) is 29.3 Å². The first-order chi connectivity index (χ1) is 6.96. The first-order valence-corrected chi connectivity index (χ1v) is 5.77. The second-order valence-corrected chi connectivity index (χ2v) is 4.61. The lowest BCUT2D eigenvalue weighted by Crippen LogP contribution is -2.09. The van der Waals surface area contributed by atoms with Crippen LogP contribution in [0.5, 0.6) is 0 Å². The van der Waals surface area contributed by atoms with Crippen molar-refractivity contribution in [1.29, 1.82) is 10.5 Å². The lowest BCUT2D eigenvalue weighted by Gasteiger charge is -2.03. The molecule has 0 aromatic heterocycles. The molecule has 1 N–H and O–H groups in total. The smallest absolute Gasteiger partial charge is 0.229 e. The quantitative estimate of drug-likeness (QED) is 0.799. The lowest BCUT2D eigenvalue weighted by atomic mass is 10.1. The Morgan fingerprint density at radius 2 is 1.80 bits per heavy atom. The van der Waals surface area contributed by atoms with Gasteiger partial charge in [0.15, 0.2) is 0 Å². The lowest BCUT2D eigenvalue weighted by molar-refractivity contribution is 0.607. The van der Waals surface area contributed by atoms with E-state index in [1.807, 2.05) is 12.1 Å². The highest BCUT2D eigenvalue weighted by atomic mass is 32.2. The Morgan fingerprint density at radius 3 is 2.27 bits per heavy atom. The van der Waals surface area contributed by atoms with E-state index in [9.17, 15) is 8.42 Å². The fraction of sp³-hybridized carbons (Fsp3) is 0.111. The SMILES string of the molecule is CS(=O)(=O)Nc1ccc(C#N)c(C#N)c1. The summed E-state index contributed by atoms with van der Waals surface area (Å²) in [6.45, 7) is 0. The van der Waals surface area contributed by atoms with Crippen molar-refractivity contribution in [2.75, 3.05) is 11.0 Å². The Bertz CT molecular complexity index is 564. The molecule has 5 nitrogen and oxygen atoms in total. The average Bonchev–Trinajstić information content (AvgIpc) is 2.15. The molecular weight excluding hydrogens is 214 g/mol. The molecular formula is C9H7N3O2S. The van der Waals surface area contributed by atoms with Crippen LogP contribution in [0.2, 0.25) is 0 Å². The van der Waals surface area contributed by atoms with Gasteiger partial charge in [0.1, 0.15) is 12.1 Å². The summed E-state index contributed by atoms with van der Waals surface area (Å²) in [5.74, 6) is 0. The molecule has 76 valence electrons. The number of hydrogen-bond acceptors (Lipinski definition) is 4. The Hall–Kier alpha value is -2.05.